The van der Waals surface area contributed by atoms with E-state index in [0.29, 0.717) is 6.54 Å². The summed E-state index contributed by atoms with van der Waals surface area (Å²) in [5.41, 5.74) is 6.58. The van der Waals surface area contributed by atoms with Crippen LogP contribution >= 0.6 is 0 Å². The van der Waals surface area contributed by atoms with E-state index in [4.69, 9.17) is 19.7 Å². The number of aryl methyl sites for hydroxylation is 3. The highest BCUT2D eigenvalue weighted by atomic mass is 16.5. The van der Waals surface area contributed by atoms with E-state index in [1.165, 1.54) is 5.56 Å². The van der Waals surface area contributed by atoms with Crippen LogP contribution in [0.2, 0.25) is 0 Å². The van der Waals surface area contributed by atoms with Crippen molar-refractivity contribution in [3.05, 3.63) is 40.2 Å². The number of hydrogen-bond donors (Lipinski definition) is 1. The third-order valence-corrected chi connectivity index (χ3v) is 6.05. The number of ether oxygens (including phenoxy) is 1. The topological polar surface area (TPSA) is 76.1 Å². The zero-order valence-electron chi connectivity index (χ0n) is 18.2. The Hall–Kier alpha value is -2.12. The zero-order valence-corrected chi connectivity index (χ0v) is 18.2. The number of nitrogens with zero attached hydrogens (tertiary/aromatic N) is 5. The van der Waals surface area contributed by atoms with Crippen molar-refractivity contribution in [2.45, 2.75) is 60.0 Å². The molecule has 0 radical (unpaired) electrons. The van der Waals surface area contributed by atoms with Crippen LogP contribution in [0, 0.1) is 26.2 Å². The lowest BCUT2D eigenvalue weighted by molar-refractivity contribution is 0.122. The van der Waals surface area contributed by atoms with Crippen LogP contribution in [0.3, 0.4) is 0 Å². The van der Waals surface area contributed by atoms with Gasteiger partial charge in [-0.15, -0.1) is 0 Å². The predicted molar refractivity (Wildman–Crippen MR) is 113 cm³/mol. The summed E-state index contributed by atoms with van der Waals surface area (Å²) < 4.78 is 5.47. The molecule has 1 aliphatic heterocycles. The van der Waals surface area contributed by atoms with Crippen LogP contribution in [-0.2, 0) is 17.7 Å². The SMILES string of the molecule is Cc1nc(C)c(CN[C@@H]2CC(C)(C)Cc3nc(N4CCOCC4)ncc32)nc1C. The second-order valence-corrected chi connectivity index (χ2v) is 9.08. The first-order valence-corrected chi connectivity index (χ1v) is 10.5. The highest BCUT2D eigenvalue weighted by Crippen LogP contribution is 2.40. The first-order valence-electron chi connectivity index (χ1n) is 10.5. The van der Waals surface area contributed by atoms with Crippen molar-refractivity contribution in [2.24, 2.45) is 5.41 Å². The summed E-state index contributed by atoms with van der Waals surface area (Å²) in [6, 6.07) is 0.218. The Morgan fingerprint density at radius 2 is 1.79 bits per heavy atom. The minimum Gasteiger partial charge on any atom is -0.378 e. The molecule has 7 nitrogen and oxygen atoms in total. The third kappa shape index (κ3) is 4.41. The molecule has 0 unspecified atom stereocenters. The van der Waals surface area contributed by atoms with E-state index in [0.717, 1.165) is 73.6 Å². The molecule has 1 aliphatic carbocycles. The molecule has 2 aromatic heterocycles. The highest BCUT2D eigenvalue weighted by molar-refractivity contribution is 5.37. The van der Waals surface area contributed by atoms with Gasteiger partial charge in [0.1, 0.15) is 0 Å². The molecule has 0 bridgehead atoms. The fourth-order valence-corrected chi connectivity index (χ4v) is 4.28. The highest BCUT2D eigenvalue weighted by Gasteiger charge is 2.34. The van der Waals surface area contributed by atoms with E-state index in [1.54, 1.807) is 0 Å². The van der Waals surface area contributed by atoms with Gasteiger partial charge in [-0.1, -0.05) is 13.8 Å². The molecular weight excluding hydrogens is 364 g/mol. The number of fused-ring (bicyclic) bond motifs is 1. The number of rotatable bonds is 4. The maximum Gasteiger partial charge on any atom is 0.225 e. The minimum atomic E-state index is 0.186. The molecule has 1 fully saturated rings. The van der Waals surface area contributed by atoms with E-state index in [2.05, 4.69) is 29.0 Å². The molecule has 29 heavy (non-hydrogen) atoms. The quantitative estimate of drug-likeness (QED) is 0.851. The van der Waals surface area contributed by atoms with Gasteiger partial charge in [0.05, 0.1) is 41.7 Å². The van der Waals surface area contributed by atoms with Crippen LogP contribution < -0.4 is 10.2 Å². The number of nitrogens with one attached hydrogen (secondary N) is 1. The van der Waals surface area contributed by atoms with Gasteiger partial charge >= 0.3 is 0 Å². The van der Waals surface area contributed by atoms with Gasteiger partial charge in [0.25, 0.3) is 0 Å². The summed E-state index contributed by atoms with van der Waals surface area (Å²) in [6.45, 7) is 14.6. The van der Waals surface area contributed by atoms with Crippen molar-refractivity contribution in [1.29, 1.82) is 0 Å². The smallest absolute Gasteiger partial charge is 0.225 e. The summed E-state index contributed by atoms with van der Waals surface area (Å²) in [5.74, 6) is 0.833. The van der Waals surface area contributed by atoms with Gasteiger partial charge in [0.2, 0.25) is 5.95 Å². The lowest BCUT2D eigenvalue weighted by Gasteiger charge is -2.37. The third-order valence-electron chi connectivity index (χ3n) is 6.05. The predicted octanol–water partition coefficient (Wildman–Crippen LogP) is 2.83. The molecule has 156 valence electrons. The van der Waals surface area contributed by atoms with Crippen LogP contribution in [0.5, 0.6) is 0 Å². The Bertz CT molecular complexity index is 891. The molecule has 4 rings (SSSR count). The molecule has 1 saturated heterocycles. The molecule has 2 aliphatic rings. The average Bonchev–Trinajstić information content (AvgIpc) is 2.69. The van der Waals surface area contributed by atoms with Crippen LogP contribution in [0.25, 0.3) is 0 Å². The summed E-state index contributed by atoms with van der Waals surface area (Å²) in [4.78, 5) is 21.3. The standard InChI is InChI=1S/C22H32N6O/c1-14-15(2)26-20(16(3)25-14)13-23-18-10-22(4,5)11-19-17(18)12-24-21(27-19)28-6-8-29-9-7-28/h12,18,23H,6-11,13H2,1-5H3/t18-/m1/s1. The van der Waals surface area contributed by atoms with E-state index in [-0.39, 0.29) is 11.5 Å². The van der Waals surface area contributed by atoms with Gasteiger partial charge in [-0.25, -0.2) is 9.97 Å². The molecule has 1 atom stereocenters. The normalized spacial score (nSPS) is 21.1. The van der Waals surface area contributed by atoms with E-state index in [9.17, 15) is 0 Å². The lowest BCUT2D eigenvalue weighted by Crippen LogP contribution is -2.39. The van der Waals surface area contributed by atoms with Crippen molar-refractivity contribution >= 4 is 5.95 Å². The van der Waals surface area contributed by atoms with Gasteiger partial charge in [0, 0.05) is 37.4 Å². The van der Waals surface area contributed by atoms with Crippen LogP contribution in [0.15, 0.2) is 6.20 Å². The van der Waals surface area contributed by atoms with Gasteiger partial charge in [0.15, 0.2) is 0 Å². The summed E-state index contributed by atoms with van der Waals surface area (Å²) in [5, 5.41) is 3.72. The summed E-state index contributed by atoms with van der Waals surface area (Å²) in [6.07, 6.45) is 4.05. The Morgan fingerprint density at radius 1 is 1.07 bits per heavy atom. The Labute approximate surface area is 173 Å². The van der Waals surface area contributed by atoms with E-state index >= 15 is 0 Å². The molecule has 1 N–H and O–H groups in total. The lowest BCUT2D eigenvalue weighted by atomic mass is 9.74. The van der Waals surface area contributed by atoms with E-state index < -0.39 is 0 Å². The minimum absolute atomic E-state index is 0.186. The van der Waals surface area contributed by atoms with Crippen molar-refractivity contribution in [3.8, 4) is 0 Å². The molecule has 2 aromatic rings. The summed E-state index contributed by atoms with van der Waals surface area (Å²) in [7, 11) is 0. The fourth-order valence-electron chi connectivity index (χ4n) is 4.28. The van der Waals surface area contributed by atoms with E-state index in [1.807, 2.05) is 27.0 Å². The molecular formula is C22H32N6O. The Morgan fingerprint density at radius 3 is 2.55 bits per heavy atom. The molecule has 3 heterocycles. The molecule has 0 aromatic carbocycles. The van der Waals surface area contributed by atoms with Gasteiger partial charge in [-0.2, -0.15) is 0 Å². The molecule has 0 saturated carbocycles. The average molecular weight is 397 g/mol. The second-order valence-electron chi connectivity index (χ2n) is 9.08. The van der Waals surface area contributed by atoms with Crippen molar-refractivity contribution in [1.82, 2.24) is 25.3 Å². The van der Waals surface area contributed by atoms with Crippen molar-refractivity contribution in [3.63, 3.8) is 0 Å². The molecule has 0 amide bonds. The monoisotopic (exact) mass is 396 g/mol. The van der Waals surface area contributed by atoms with Crippen LogP contribution in [0.4, 0.5) is 5.95 Å². The number of anilines is 1. The maximum atomic E-state index is 5.47. The molecule has 0 spiro atoms. The first kappa shape index (κ1) is 20.2. The van der Waals surface area contributed by atoms with Gasteiger partial charge < -0.3 is 15.0 Å². The number of aromatic nitrogens is 4. The van der Waals surface area contributed by atoms with Gasteiger partial charge in [-0.3, -0.25) is 9.97 Å². The summed E-state index contributed by atoms with van der Waals surface area (Å²) >= 11 is 0. The Balaban J connectivity index is 1.56. The van der Waals surface area contributed by atoms with Gasteiger partial charge in [-0.05, 0) is 39.0 Å². The van der Waals surface area contributed by atoms with Crippen molar-refractivity contribution in [2.75, 3.05) is 31.2 Å². The van der Waals surface area contributed by atoms with Crippen LogP contribution in [0.1, 0.15) is 60.3 Å². The fraction of sp³-hybridized carbons (Fsp3) is 0.636. The second kappa shape index (κ2) is 7.95. The molecule has 7 heteroatoms. The number of morpholine rings is 1. The van der Waals surface area contributed by atoms with Crippen molar-refractivity contribution < 1.29 is 4.74 Å². The van der Waals surface area contributed by atoms with Crippen LogP contribution in [-0.4, -0.2) is 46.2 Å². The number of hydrogen-bond acceptors (Lipinski definition) is 7. The Kier molecular flexibility index (Phi) is 5.53. The largest absolute Gasteiger partial charge is 0.378 e. The maximum absolute atomic E-state index is 5.47. The zero-order chi connectivity index (χ0) is 20.6. The first-order chi connectivity index (χ1) is 13.8.